The zero-order valence-electron chi connectivity index (χ0n) is 10.00. The number of rotatable bonds is 3. The second-order valence-electron chi connectivity index (χ2n) is 4.73. The van der Waals surface area contributed by atoms with Crippen molar-refractivity contribution in [3.63, 3.8) is 0 Å². The van der Waals surface area contributed by atoms with Crippen LogP contribution in [-0.2, 0) is 0 Å². The van der Waals surface area contributed by atoms with Gasteiger partial charge in [-0.25, -0.2) is 8.78 Å². The van der Waals surface area contributed by atoms with Crippen molar-refractivity contribution in [1.82, 2.24) is 4.90 Å². The molecule has 2 N–H and O–H groups in total. The number of hydrogen-bond donors (Lipinski definition) is 1. The lowest BCUT2D eigenvalue weighted by Gasteiger charge is -2.24. The average molecular weight is 240 g/mol. The summed E-state index contributed by atoms with van der Waals surface area (Å²) in [4.78, 5) is 2.27. The van der Waals surface area contributed by atoms with E-state index in [1.54, 1.807) is 6.07 Å². The van der Waals surface area contributed by atoms with Gasteiger partial charge in [0, 0.05) is 12.6 Å². The first kappa shape index (κ1) is 12.5. The molecule has 1 aliphatic heterocycles. The van der Waals surface area contributed by atoms with Gasteiger partial charge in [-0.1, -0.05) is 6.07 Å². The Balaban J connectivity index is 2.09. The highest BCUT2D eigenvalue weighted by atomic mass is 19.2. The predicted octanol–water partition coefficient (Wildman–Crippen LogP) is 2.31. The van der Waals surface area contributed by atoms with Gasteiger partial charge in [0.15, 0.2) is 11.6 Å². The van der Waals surface area contributed by atoms with Crippen molar-refractivity contribution in [3.05, 3.63) is 35.4 Å². The van der Waals surface area contributed by atoms with E-state index in [1.807, 2.05) is 6.92 Å². The van der Waals surface area contributed by atoms with Crippen molar-refractivity contribution >= 4 is 0 Å². The molecule has 1 aliphatic rings. The van der Waals surface area contributed by atoms with E-state index in [4.69, 9.17) is 5.73 Å². The quantitative estimate of drug-likeness (QED) is 0.878. The Labute approximate surface area is 100 Å². The fourth-order valence-electron chi connectivity index (χ4n) is 2.39. The molecule has 2 unspecified atom stereocenters. The van der Waals surface area contributed by atoms with Crippen LogP contribution in [-0.4, -0.2) is 24.5 Å². The van der Waals surface area contributed by atoms with Gasteiger partial charge < -0.3 is 5.73 Å². The molecule has 2 atom stereocenters. The molecule has 4 heteroatoms. The minimum atomic E-state index is -0.790. The lowest BCUT2D eigenvalue weighted by Crippen LogP contribution is -2.26. The number of likely N-dealkylation sites (tertiary alicyclic amines) is 1. The average Bonchev–Trinajstić information content (AvgIpc) is 2.80. The van der Waals surface area contributed by atoms with Crippen LogP contribution in [0.25, 0.3) is 0 Å². The monoisotopic (exact) mass is 240 g/mol. The van der Waals surface area contributed by atoms with Crippen LogP contribution in [0.2, 0.25) is 0 Å². The lowest BCUT2D eigenvalue weighted by molar-refractivity contribution is 0.253. The number of nitrogens with zero attached hydrogens (tertiary/aromatic N) is 1. The SMILES string of the molecule is CC(c1ccc(F)c(F)c1)N1CCC(CN)C1. The molecule has 0 radical (unpaired) electrons. The first-order chi connectivity index (χ1) is 8.11. The van der Waals surface area contributed by atoms with Crippen molar-refractivity contribution in [2.75, 3.05) is 19.6 Å². The van der Waals surface area contributed by atoms with E-state index in [0.717, 1.165) is 25.1 Å². The predicted molar refractivity (Wildman–Crippen MR) is 63.5 cm³/mol. The molecule has 2 nitrogen and oxygen atoms in total. The second-order valence-corrected chi connectivity index (χ2v) is 4.73. The summed E-state index contributed by atoms with van der Waals surface area (Å²) in [6.07, 6.45) is 1.09. The van der Waals surface area contributed by atoms with Crippen molar-refractivity contribution in [2.24, 2.45) is 11.7 Å². The number of nitrogens with two attached hydrogens (primary N) is 1. The van der Waals surface area contributed by atoms with Gasteiger partial charge in [0.2, 0.25) is 0 Å². The summed E-state index contributed by atoms with van der Waals surface area (Å²) in [5.41, 5.74) is 6.46. The second kappa shape index (κ2) is 5.10. The summed E-state index contributed by atoms with van der Waals surface area (Å²) in [6, 6.07) is 4.24. The summed E-state index contributed by atoms with van der Waals surface area (Å²) in [5.74, 6) is -1.03. The molecule has 2 rings (SSSR count). The van der Waals surface area contributed by atoms with Gasteiger partial charge >= 0.3 is 0 Å². The number of halogens is 2. The minimum Gasteiger partial charge on any atom is -0.330 e. The summed E-state index contributed by atoms with van der Waals surface area (Å²) < 4.78 is 26.0. The molecular weight excluding hydrogens is 222 g/mol. The van der Waals surface area contributed by atoms with Crippen molar-refractivity contribution < 1.29 is 8.78 Å². The van der Waals surface area contributed by atoms with Gasteiger partial charge in [0.05, 0.1) is 0 Å². The smallest absolute Gasteiger partial charge is 0.159 e. The maximum absolute atomic E-state index is 13.2. The van der Waals surface area contributed by atoms with Crippen LogP contribution < -0.4 is 5.73 Å². The zero-order chi connectivity index (χ0) is 12.4. The highest BCUT2D eigenvalue weighted by molar-refractivity contribution is 5.21. The fraction of sp³-hybridized carbons (Fsp3) is 0.538. The van der Waals surface area contributed by atoms with Crippen molar-refractivity contribution in [1.29, 1.82) is 0 Å². The first-order valence-electron chi connectivity index (χ1n) is 6.01. The molecule has 0 bridgehead atoms. The topological polar surface area (TPSA) is 29.3 Å². The highest BCUT2D eigenvalue weighted by Gasteiger charge is 2.26. The van der Waals surface area contributed by atoms with Crippen LogP contribution >= 0.6 is 0 Å². The summed E-state index contributed by atoms with van der Waals surface area (Å²) in [6.45, 7) is 4.63. The Morgan fingerprint density at radius 2 is 2.18 bits per heavy atom. The van der Waals surface area contributed by atoms with Crippen LogP contribution in [0.15, 0.2) is 18.2 Å². The molecule has 0 aromatic heterocycles. The third-order valence-corrected chi connectivity index (χ3v) is 3.62. The Hall–Kier alpha value is -1.00. The molecule has 1 aromatic rings. The molecule has 0 saturated carbocycles. The zero-order valence-corrected chi connectivity index (χ0v) is 10.00. The Bertz CT molecular complexity index is 395. The van der Waals surface area contributed by atoms with E-state index in [0.29, 0.717) is 12.5 Å². The standard InChI is InChI=1S/C13H18F2N2/c1-9(17-5-4-10(7-16)8-17)11-2-3-12(14)13(15)6-11/h2-3,6,9-10H,4-5,7-8,16H2,1H3. The van der Waals surface area contributed by atoms with Crippen LogP contribution in [0.1, 0.15) is 24.9 Å². The summed E-state index contributed by atoms with van der Waals surface area (Å²) in [5, 5.41) is 0. The Morgan fingerprint density at radius 3 is 2.76 bits per heavy atom. The van der Waals surface area contributed by atoms with Crippen LogP contribution in [0, 0.1) is 17.6 Å². The van der Waals surface area contributed by atoms with Gasteiger partial charge in [0.25, 0.3) is 0 Å². The van der Waals surface area contributed by atoms with Gasteiger partial charge in [-0.2, -0.15) is 0 Å². The molecule has 1 saturated heterocycles. The molecule has 1 fully saturated rings. The fourth-order valence-corrected chi connectivity index (χ4v) is 2.39. The third kappa shape index (κ3) is 2.64. The van der Waals surface area contributed by atoms with Gasteiger partial charge in [-0.15, -0.1) is 0 Å². The maximum Gasteiger partial charge on any atom is 0.159 e. The highest BCUT2D eigenvalue weighted by Crippen LogP contribution is 2.27. The van der Waals surface area contributed by atoms with E-state index >= 15 is 0 Å². The van der Waals surface area contributed by atoms with E-state index in [9.17, 15) is 8.78 Å². The van der Waals surface area contributed by atoms with Gasteiger partial charge in [0.1, 0.15) is 0 Å². The summed E-state index contributed by atoms with van der Waals surface area (Å²) >= 11 is 0. The van der Waals surface area contributed by atoms with Gasteiger partial charge in [-0.3, -0.25) is 4.90 Å². The number of benzene rings is 1. The molecule has 0 aliphatic carbocycles. The van der Waals surface area contributed by atoms with E-state index in [1.165, 1.54) is 12.1 Å². The van der Waals surface area contributed by atoms with Crippen LogP contribution in [0.5, 0.6) is 0 Å². The molecule has 94 valence electrons. The molecule has 1 heterocycles. The van der Waals surface area contributed by atoms with Crippen molar-refractivity contribution in [3.8, 4) is 0 Å². The van der Waals surface area contributed by atoms with E-state index in [2.05, 4.69) is 4.90 Å². The lowest BCUT2D eigenvalue weighted by atomic mass is 10.1. The number of hydrogen-bond acceptors (Lipinski definition) is 2. The first-order valence-corrected chi connectivity index (χ1v) is 6.01. The maximum atomic E-state index is 13.2. The largest absolute Gasteiger partial charge is 0.330 e. The van der Waals surface area contributed by atoms with Gasteiger partial charge in [-0.05, 0) is 50.0 Å². The molecule has 0 spiro atoms. The minimum absolute atomic E-state index is 0.113. The molecule has 17 heavy (non-hydrogen) atoms. The molecule has 1 aromatic carbocycles. The van der Waals surface area contributed by atoms with Crippen molar-refractivity contribution in [2.45, 2.75) is 19.4 Å². The molecule has 0 amide bonds. The van der Waals surface area contributed by atoms with Crippen LogP contribution in [0.3, 0.4) is 0 Å². The normalized spacial score (nSPS) is 22.9. The Morgan fingerprint density at radius 1 is 1.41 bits per heavy atom. The van der Waals surface area contributed by atoms with E-state index in [-0.39, 0.29) is 6.04 Å². The van der Waals surface area contributed by atoms with Crippen LogP contribution in [0.4, 0.5) is 8.78 Å². The third-order valence-electron chi connectivity index (χ3n) is 3.62. The summed E-state index contributed by atoms with van der Waals surface area (Å²) in [7, 11) is 0. The molecular formula is C13H18F2N2. The van der Waals surface area contributed by atoms with E-state index < -0.39 is 11.6 Å². The Kier molecular flexibility index (Phi) is 3.74.